The van der Waals surface area contributed by atoms with Gasteiger partial charge in [0, 0.05) is 15.7 Å². The first kappa shape index (κ1) is 8.72. The summed E-state index contributed by atoms with van der Waals surface area (Å²) in [5.41, 5.74) is 2.38. The lowest BCUT2D eigenvalue weighted by Gasteiger charge is -2.03. The smallest absolute Gasteiger partial charge is 0.257 e. The van der Waals surface area contributed by atoms with E-state index in [1.54, 1.807) is 6.07 Å². The maximum Gasteiger partial charge on any atom is 0.257 e. The molecule has 0 spiro atoms. The molecule has 0 radical (unpaired) electrons. The van der Waals surface area contributed by atoms with Crippen molar-refractivity contribution in [2.45, 2.75) is 13.0 Å². The van der Waals surface area contributed by atoms with Crippen molar-refractivity contribution in [3.63, 3.8) is 0 Å². The Morgan fingerprint density at radius 3 is 2.92 bits per heavy atom. The Kier molecular flexibility index (Phi) is 1.89. The summed E-state index contributed by atoms with van der Waals surface area (Å²) in [7, 11) is 0. The SMILES string of the molecule is Cc1cc2c(cc1Br)C(O)C(=O)N2. The van der Waals surface area contributed by atoms with E-state index in [0.29, 0.717) is 11.3 Å². The summed E-state index contributed by atoms with van der Waals surface area (Å²) in [6.45, 7) is 1.93. The Bertz CT molecular complexity index is 389. The summed E-state index contributed by atoms with van der Waals surface area (Å²) in [6.07, 6.45) is -1.02. The molecule has 1 heterocycles. The Morgan fingerprint density at radius 2 is 2.23 bits per heavy atom. The molecule has 0 bridgehead atoms. The highest BCUT2D eigenvalue weighted by Crippen LogP contribution is 2.34. The van der Waals surface area contributed by atoms with Gasteiger partial charge < -0.3 is 10.4 Å². The van der Waals surface area contributed by atoms with Crippen molar-refractivity contribution in [3.8, 4) is 0 Å². The molecule has 0 saturated heterocycles. The van der Waals surface area contributed by atoms with Crippen molar-refractivity contribution in [1.82, 2.24) is 0 Å². The van der Waals surface area contributed by atoms with Gasteiger partial charge in [0.1, 0.15) is 0 Å². The molecule has 1 aromatic rings. The average Bonchev–Trinajstić information content (AvgIpc) is 2.32. The van der Waals surface area contributed by atoms with E-state index in [1.165, 1.54) is 0 Å². The van der Waals surface area contributed by atoms with Crippen LogP contribution in [-0.4, -0.2) is 11.0 Å². The van der Waals surface area contributed by atoms with Crippen LogP contribution < -0.4 is 5.32 Å². The maximum absolute atomic E-state index is 11.1. The minimum absolute atomic E-state index is 0.354. The highest BCUT2D eigenvalue weighted by Gasteiger charge is 2.28. The number of hydrogen-bond donors (Lipinski definition) is 2. The molecular weight excluding hydrogens is 234 g/mol. The number of amides is 1. The lowest BCUT2D eigenvalue weighted by molar-refractivity contribution is -0.123. The van der Waals surface area contributed by atoms with Gasteiger partial charge in [0.05, 0.1) is 0 Å². The minimum Gasteiger partial charge on any atom is -0.378 e. The number of aryl methyl sites for hydroxylation is 1. The quantitative estimate of drug-likeness (QED) is 0.728. The van der Waals surface area contributed by atoms with Gasteiger partial charge in [-0.15, -0.1) is 0 Å². The summed E-state index contributed by atoms with van der Waals surface area (Å²) in [5.74, 6) is -0.354. The van der Waals surface area contributed by atoms with Crippen LogP contribution in [0.1, 0.15) is 17.2 Å². The first-order valence-corrected chi connectivity index (χ1v) is 4.68. The van der Waals surface area contributed by atoms with Gasteiger partial charge in [-0.3, -0.25) is 4.79 Å². The number of fused-ring (bicyclic) bond motifs is 1. The molecule has 2 N–H and O–H groups in total. The number of rotatable bonds is 0. The van der Waals surface area contributed by atoms with Gasteiger partial charge in [0.25, 0.3) is 5.91 Å². The first-order valence-electron chi connectivity index (χ1n) is 3.88. The van der Waals surface area contributed by atoms with Crippen LogP contribution in [0.4, 0.5) is 5.69 Å². The van der Waals surface area contributed by atoms with Crippen molar-refractivity contribution in [1.29, 1.82) is 0 Å². The molecule has 1 aliphatic heterocycles. The summed E-state index contributed by atoms with van der Waals surface area (Å²) in [6, 6.07) is 3.61. The van der Waals surface area contributed by atoms with Crippen molar-refractivity contribution >= 4 is 27.5 Å². The second-order valence-corrected chi connectivity index (χ2v) is 3.93. The van der Waals surface area contributed by atoms with Crippen molar-refractivity contribution in [2.75, 3.05) is 5.32 Å². The Balaban J connectivity index is 2.59. The van der Waals surface area contributed by atoms with Gasteiger partial charge in [-0.1, -0.05) is 15.9 Å². The molecule has 4 heteroatoms. The second kappa shape index (κ2) is 2.82. The molecule has 13 heavy (non-hydrogen) atoms. The van der Waals surface area contributed by atoms with E-state index >= 15 is 0 Å². The number of aliphatic hydroxyl groups is 1. The minimum atomic E-state index is -1.02. The van der Waals surface area contributed by atoms with E-state index in [1.807, 2.05) is 13.0 Å². The molecule has 2 rings (SSSR count). The van der Waals surface area contributed by atoms with Crippen molar-refractivity contribution in [3.05, 3.63) is 27.7 Å². The normalized spacial score (nSPS) is 19.9. The third kappa shape index (κ3) is 1.26. The zero-order chi connectivity index (χ0) is 9.59. The molecule has 0 aromatic heterocycles. The molecule has 1 unspecified atom stereocenters. The van der Waals surface area contributed by atoms with Gasteiger partial charge in [0.2, 0.25) is 0 Å². The molecule has 1 aliphatic rings. The number of nitrogens with one attached hydrogen (secondary N) is 1. The molecule has 1 atom stereocenters. The lowest BCUT2D eigenvalue weighted by atomic mass is 10.1. The third-order valence-corrected chi connectivity index (χ3v) is 2.99. The molecule has 1 amide bonds. The average molecular weight is 242 g/mol. The van der Waals surface area contributed by atoms with E-state index in [0.717, 1.165) is 10.0 Å². The van der Waals surface area contributed by atoms with Crippen LogP contribution in [0.2, 0.25) is 0 Å². The van der Waals surface area contributed by atoms with Crippen molar-refractivity contribution in [2.24, 2.45) is 0 Å². The molecular formula is C9H8BrNO2. The number of anilines is 1. The van der Waals surface area contributed by atoms with E-state index in [4.69, 9.17) is 0 Å². The zero-order valence-corrected chi connectivity index (χ0v) is 8.55. The summed E-state index contributed by atoms with van der Waals surface area (Å²) in [4.78, 5) is 11.1. The third-order valence-electron chi connectivity index (χ3n) is 2.13. The molecule has 0 saturated carbocycles. The van der Waals surface area contributed by atoms with Crippen LogP contribution in [0.5, 0.6) is 0 Å². The van der Waals surface area contributed by atoms with E-state index in [2.05, 4.69) is 21.2 Å². The topological polar surface area (TPSA) is 49.3 Å². The number of carbonyl (C=O) groups excluding carboxylic acids is 1. The highest BCUT2D eigenvalue weighted by molar-refractivity contribution is 9.10. The van der Waals surface area contributed by atoms with Gasteiger partial charge in [0.15, 0.2) is 6.10 Å². The zero-order valence-electron chi connectivity index (χ0n) is 6.97. The second-order valence-electron chi connectivity index (χ2n) is 3.08. The predicted octanol–water partition coefficient (Wildman–Crippen LogP) is 1.74. The molecule has 0 fully saturated rings. The summed E-state index contributed by atoms with van der Waals surface area (Å²) >= 11 is 3.35. The van der Waals surface area contributed by atoms with E-state index in [9.17, 15) is 9.90 Å². The molecule has 1 aromatic carbocycles. The van der Waals surface area contributed by atoms with Crippen LogP contribution in [0.3, 0.4) is 0 Å². The monoisotopic (exact) mass is 241 g/mol. The Labute approximate surface area is 83.9 Å². The maximum atomic E-state index is 11.1. The summed E-state index contributed by atoms with van der Waals surface area (Å²) < 4.78 is 0.904. The number of halogens is 1. The molecule has 68 valence electrons. The van der Waals surface area contributed by atoms with Crippen LogP contribution in [0.15, 0.2) is 16.6 Å². The van der Waals surface area contributed by atoms with Crippen LogP contribution in [0.25, 0.3) is 0 Å². The van der Waals surface area contributed by atoms with E-state index in [-0.39, 0.29) is 5.91 Å². The Morgan fingerprint density at radius 1 is 1.54 bits per heavy atom. The van der Waals surface area contributed by atoms with Crippen LogP contribution in [0, 0.1) is 6.92 Å². The van der Waals surface area contributed by atoms with Crippen molar-refractivity contribution < 1.29 is 9.90 Å². The predicted molar refractivity (Wildman–Crippen MR) is 52.5 cm³/mol. The lowest BCUT2D eigenvalue weighted by Crippen LogP contribution is -2.10. The van der Waals surface area contributed by atoms with Crippen LogP contribution in [-0.2, 0) is 4.79 Å². The number of hydrogen-bond acceptors (Lipinski definition) is 2. The van der Waals surface area contributed by atoms with Crippen LogP contribution >= 0.6 is 15.9 Å². The molecule has 3 nitrogen and oxygen atoms in total. The fourth-order valence-corrected chi connectivity index (χ4v) is 1.73. The first-order chi connectivity index (χ1) is 6.09. The van der Waals surface area contributed by atoms with Gasteiger partial charge in [-0.05, 0) is 24.6 Å². The number of carbonyl (C=O) groups is 1. The Hall–Kier alpha value is -0.870. The van der Waals surface area contributed by atoms with Gasteiger partial charge in [-0.25, -0.2) is 0 Å². The number of benzene rings is 1. The van der Waals surface area contributed by atoms with Gasteiger partial charge >= 0.3 is 0 Å². The fourth-order valence-electron chi connectivity index (χ4n) is 1.37. The molecule has 0 aliphatic carbocycles. The largest absolute Gasteiger partial charge is 0.378 e. The van der Waals surface area contributed by atoms with E-state index < -0.39 is 6.10 Å². The van der Waals surface area contributed by atoms with Gasteiger partial charge in [-0.2, -0.15) is 0 Å². The fraction of sp³-hybridized carbons (Fsp3) is 0.222. The highest BCUT2D eigenvalue weighted by atomic mass is 79.9. The number of aliphatic hydroxyl groups excluding tert-OH is 1. The standard InChI is InChI=1S/C9H8BrNO2/c1-4-2-7-5(3-6(4)10)8(12)9(13)11-7/h2-3,8,12H,1H3,(H,11,13). The summed E-state index contributed by atoms with van der Waals surface area (Å²) in [5, 5.41) is 12.0.